The summed E-state index contributed by atoms with van der Waals surface area (Å²) in [6.07, 6.45) is 2.66. The molecule has 0 aromatic heterocycles. The zero-order valence-electron chi connectivity index (χ0n) is 15.2. The van der Waals surface area contributed by atoms with Crippen molar-refractivity contribution in [3.8, 4) is 5.75 Å². The van der Waals surface area contributed by atoms with Gasteiger partial charge in [-0.2, -0.15) is 0 Å². The molecular formula is C20H23ClN4O2. The fourth-order valence-electron chi connectivity index (χ4n) is 2.97. The van der Waals surface area contributed by atoms with Crippen LogP contribution in [0.25, 0.3) is 0 Å². The number of ether oxygens (including phenoxy) is 1. The Morgan fingerprint density at radius 3 is 2.70 bits per heavy atom. The van der Waals surface area contributed by atoms with Crippen LogP contribution >= 0.6 is 11.6 Å². The topological polar surface area (TPSA) is 80.0 Å². The molecule has 0 atom stereocenters. The van der Waals surface area contributed by atoms with Gasteiger partial charge in [-0.1, -0.05) is 23.7 Å². The van der Waals surface area contributed by atoms with Crippen molar-refractivity contribution in [3.05, 3.63) is 53.1 Å². The number of nitrogens with one attached hydrogen (secondary N) is 1. The summed E-state index contributed by atoms with van der Waals surface area (Å²) >= 11 is 6.10. The first-order valence-electron chi connectivity index (χ1n) is 8.86. The molecule has 1 heterocycles. The van der Waals surface area contributed by atoms with Gasteiger partial charge in [-0.25, -0.2) is 4.99 Å². The normalized spacial score (nSPS) is 15.0. The van der Waals surface area contributed by atoms with E-state index < -0.39 is 0 Å². The third-order valence-corrected chi connectivity index (χ3v) is 4.72. The van der Waals surface area contributed by atoms with Crippen LogP contribution in [-0.2, 0) is 11.3 Å². The molecule has 1 aliphatic rings. The second-order valence-corrected chi connectivity index (χ2v) is 6.75. The molecule has 7 heteroatoms. The van der Waals surface area contributed by atoms with Gasteiger partial charge >= 0.3 is 0 Å². The van der Waals surface area contributed by atoms with Gasteiger partial charge in [0.05, 0.1) is 18.7 Å². The monoisotopic (exact) mass is 386 g/mol. The quantitative estimate of drug-likeness (QED) is 0.605. The molecule has 142 valence electrons. The van der Waals surface area contributed by atoms with Gasteiger partial charge in [0.15, 0.2) is 5.96 Å². The third kappa shape index (κ3) is 4.92. The van der Waals surface area contributed by atoms with E-state index in [-0.39, 0.29) is 5.91 Å². The Kier molecular flexibility index (Phi) is 6.19. The van der Waals surface area contributed by atoms with Crippen molar-refractivity contribution in [3.63, 3.8) is 0 Å². The SMILES string of the molecule is COc1ccc(NC(N)=NCc2ccc(N3CCCCC3=O)cc2)cc1Cl. The molecule has 2 aromatic carbocycles. The number of guanidine groups is 1. The van der Waals surface area contributed by atoms with Crippen LogP contribution in [0.2, 0.25) is 5.02 Å². The van der Waals surface area contributed by atoms with E-state index in [4.69, 9.17) is 22.1 Å². The van der Waals surface area contributed by atoms with Crippen LogP contribution in [0.15, 0.2) is 47.5 Å². The molecular weight excluding hydrogens is 364 g/mol. The molecule has 0 unspecified atom stereocenters. The minimum absolute atomic E-state index is 0.193. The van der Waals surface area contributed by atoms with Crippen molar-refractivity contribution in [2.45, 2.75) is 25.8 Å². The van der Waals surface area contributed by atoms with E-state index in [0.29, 0.717) is 29.7 Å². The number of piperidine rings is 1. The number of nitrogens with zero attached hydrogens (tertiary/aromatic N) is 2. The van der Waals surface area contributed by atoms with Crippen LogP contribution in [-0.4, -0.2) is 25.5 Å². The summed E-state index contributed by atoms with van der Waals surface area (Å²) in [6.45, 7) is 1.23. The average molecular weight is 387 g/mol. The minimum atomic E-state index is 0.193. The molecule has 0 bridgehead atoms. The number of rotatable bonds is 5. The van der Waals surface area contributed by atoms with Gasteiger partial charge in [0.2, 0.25) is 5.91 Å². The largest absolute Gasteiger partial charge is 0.495 e. The summed E-state index contributed by atoms with van der Waals surface area (Å²) in [4.78, 5) is 18.2. The Labute approximate surface area is 164 Å². The summed E-state index contributed by atoms with van der Waals surface area (Å²) < 4.78 is 5.12. The van der Waals surface area contributed by atoms with E-state index in [1.54, 1.807) is 19.2 Å². The molecule has 27 heavy (non-hydrogen) atoms. The number of halogens is 1. The maximum absolute atomic E-state index is 12.0. The Hall–Kier alpha value is -2.73. The highest BCUT2D eigenvalue weighted by molar-refractivity contribution is 6.32. The molecule has 0 aliphatic carbocycles. The predicted molar refractivity (Wildman–Crippen MR) is 110 cm³/mol. The molecule has 1 aliphatic heterocycles. The fraction of sp³-hybridized carbons (Fsp3) is 0.300. The molecule has 1 fully saturated rings. The number of carbonyl (C=O) groups is 1. The zero-order chi connectivity index (χ0) is 19.2. The predicted octanol–water partition coefficient (Wildman–Crippen LogP) is 3.79. The van der Waals surface area contributed by atoms with Crippen LogP contribution in [0.5, 0.6) is 5.75 Å². The maximum atomic E-state index is 12.0. The highest BCUT2D eigenvalue weighted by atomic mass is 35.5. The van der Waals surface area contributed by atoms with E-state index in [1.165, 1.54) is 0 Å². The Bertz CT molecular complexity index is 836. The molecule has 1 saturated heterocycles. The highest BCUT2D eigenvalue weighted by Crippen LogP contribution is 2.27. The van der Waals surface area contributed by atoms with Gasteiger partial charge in [-0.15, -0.1) is 0 Å². The fourth-order valence-corrected chi connectivity index (χ4v) is 3.23. The van der Waals surface area contributed by atoms with Crippen molar-refractivity contribution in [2.75, 3.05) is 23.9 Å². The molecule has 1 amide bonds. The van der Waals surface area contributed by atoms with Crippen molar-refractivity contribution >= 4 is 34.8 Å². The van der Waals surface area contributed by atoms with Crippen molar-refractivity contribution < 1.29 is 9.53 Å². The van der Waals surface area contributed by atoms with Gasteiger partial charge in [0.25, 0.3) is 0 Å². The number of nitrogens with two attached hydrogens (primary N) is 1. The summed E-state index contributed by atoms with van der Waals surface area (Å²) in [7, 11) is 1.57. The first-order valence-corrected chi connectivity index (χ1v) is 9.24. The van der Waals surface area contributed by atoms with Crippen molar-refractivity contribution in [1.29, 1.82) is 0 Å². The number of carbonyl (C=O) groups excluding carboxylic acids is 1. The summed E-state index contributed by atoms with van der Waals surface area (Å²) in [6, 6.07) is 13.2. The molecule has 3 rings (SSSR count). The third-order valence-electron chi connectivity index (χ3n) is 4.43. The van der Waals surface area contributed by atoms with Crippen molar-refractivity contribution in [1.82, 2.24) is 0 Å². The van der Waals surface area contributed by atoms with E-state index in [9.17, 15) is 4.79 Å². The second kappa shape index (κ2) is 8.77. The van der Waals surface area contributed by atoms with E-state index in [1.807, 2.05) is 35.2 Å². The number of methoxy groups -OCH3 is 1. The van der Waals surface area contributed by atoms with E-state index >= 15 is 0 Å². The van der Waals surface area contributed by atoms with Gasteiger partial charge in [-0.3, -0.25) is 4.79 Å². The maximum Gasteiger partial charge on any atom is 0.226 e. The molecule has 0 radical (unpaired) electrons. The lowest BCUT2D eigenvalue weighted by atomic mass is 10.1. The van der Waals surface area contributed by atoms with Gasteiger partial charge in [-0.05, 0) is 48.7 Å². The summed E-state index contributed by atoms with van der Waals surface area (Å²) in [5, 5.41) is 3.51. The number of aliphatic imine (C=N–C) groups is 1. The number of benzene rings is 2. The molecule has 2 aromatic rings. The Morgan fingerprint density at radius 2 is 2.04 bits per heavy atom. The number of anilines is 2. The van der Waals surface area contributed by atoms with Crippen LogP contribution in [0, 0.1) is 0 Å². The van der Waals surface area contributed by atoms with Gasteiger partial charge in [0, 0.05) is 24.3 Å². The molecule has 0 spiro atoms. The van der Waals surface area contributed by atoms with Gasteiger partial charge in [0.1, 0.15) is 5.75 Å². The molecule has 0 saturated carbocycles. The second-order valence-electron chi connectivity index (χ2n) is 6.34. The van der Waals surface area contributed by atoms with Crippen LogP contribution < -0.4 is 20.7 Å². The highest BCUT2D eigenvalue weighted by Gasteiger charge is 2.19. The first-order chi connectivity index (χ1) is 13.1. The lowest BCUT2D eigenvalue weighted by molar-refractivity contribution is -0.119. The standard InChI is InChI=1S/C20H23ClN4O2/c1-27-18-10-7-15(12-17(18)21)24-20(22)23-13-14-5-8-16(9-6-14)25-11-3-2-4-19(25)26/h5-10,12H,2-4,11,13H2,1H3,(H3,22,23,24). The summed E-state index contributed by atoms with van der Waals surface area (Å²) in [5.41, 5.74) is 8.64. The van der Waals surface area contributed by atoms with E-state index in [2.05, 4.69) is 10.3 Å². The van der Waals surface area contributed by atoms with Gasteiger partial charge < -0.3 is 20.7 Å². The lowest BCUT2D eigenvalue weighted by Crippen LogP contribution is -2.35. The van der Waals surface area contributed by atoms with E-state index in [0.717, 1.165) is 36.3 Å². The van der Waals surface area contributed by atoms with Crippen LogP contribution in [0.4, 0.5) is 11.4 Å². The number of amides is 1. The van der Waals surface area contributed by atoms with Crippen LogP contribution in [0.1, 0.15) is 24.8 Å². The molecule has 6 nitrogen and oxygen atoms in total. The molecule has 3 N–H and O–H groups in total. The zero-order valence-corrected chi connectivity index (χ0v) is 16.0. The first kappa shape index (κ1) is 19.0. The van der Waals surface area contributed by atoms with Crippen molar-refractivity contribution in [2.24, 2.45) is 10.7 Å². The smallest absolute Gasteiger partial charge is 0.226 e. The average Bonchev–Trinajstić information content (AvgIpc) is 2.67. The Balaban J connectivity index is 1.60. The minimum Gasteiger partial charge on any atom is -0.495 e. The lowest BCUT2D eigenvalue weighted by Gasteiger charge is -2.26. The van der Waals surface area contributed by atoms with Crippen LogP contribution in [0.3, 0.4) is 0 Å². The number of hydrogen-bond donors (Lipinski definition) is 2. The summed E-state index contributed by atoms with van der Waals surface area (Å²) in [5.74, 6) is 1.09. The Morgan fingerprint density at radius 1 is 1.26 bits per heavy atom. The number of hydrogen-bond acceptors (Lipinski definition) is 3.